The molecule has 6 heteroatoms. The number of carbonyl (C=O) groups is 1. The zero-order chi connectivity index (χ0) is 16.9. The molecule has 1 saturated carbocycles. The molecule has 0 amide bonds. The fourth-order valence-corrected chi connectivity index (χ4v) is 2.56. The van der Waals surface area contributed by atoms with Crippen molar-refractivity contribution in [1.29, 1.82) is 0 Å². The van der Waals surface area contributed by atoms with E-state index in [-0.39, 0.29) is 17.8 Å². The Kier molecular flexibility index (Phi) is 5.25. The molecular formula is C18H23N3O3. The van der Waals surface area contributed by atoms with Crippen molar-refractivity contribution in [2.45, 2.75) is 33.1 Å². The topological polar surface area (TPSA) is 66.2 Å². The standard InChI is InChI=1S/C18H23N3O3/c1-3-23-11-12-24-18-19-16(14-9-7-13(2)8-10-14)21(20-18)17(22)15-5-4-6-15/h7-10,15H,3-6,11-12H2,1-2H3. The van der Waals surface area contributed by atoms with Crippen LogP contribution < -0.4 is 4.74 Å². The first-order chi connectivity index (χ1) is 11.7. The second-order valence-corrected chi connectivity index (χ2v) is 6.01. The Bertz CT molecular complexity index is 690. The van der Waals surface area contributed by atoms with Crippen LogP contribution in [0, 0.1) is 12.8 Å². The second kappa shape index (κ2) is 7.57. The van der Waals surface area contributed by atoms with Crippen LogP contribution in [0.1, 0.15) is 36.5 Å². The van der Waals surface area contributed by atoms with Crippen LogP contribution >= 0.6 is 0 Å². The van der Waals surface area contributed by atoms with Crippen LogP contribution in [0.2, 0.25) is 0 Å². The fraction of sp³-hybridized carbons (Fsp3) is 0.500. The lowest BCUT2D eigenvalue weighted by Gasteiger charge is -2.23. The molecule has 1 aliphatic rings. The number of hydrogen-bond donors (Lipinski definition) is 0. The van der Waals surface area contributed by atoms with Gasteiger partial charge in [0.1, 0.15) is 6.61 Å². The summed E-state index contributed by atoms with van der Waals surface area (Å²) in [7, 11) is 0. The van der Waals surface area contributed by atoms with E-state index >= 15 is 0 Å². The van der Waals surface area contributed by atoms with Gasteiger partial charge in [0, 0.05) is 18.1 Å². The molecule has 0 saturated heterocycles. The lowest BCUT2D eigenvalue weighted by molar-refractivity contribution is 0.0744. The van der Waals surface area contributed by atoms with Crippen molar-refractivity contribution in [3.05, 3.63) is 29.8 Å². The van der Waals surface area contributed by atoms with Gasteiger partial charge in [-0.25, -0.2) is 0 Å². The Balaban J connectivity index is 1.84. The Labute approximate surface area is 141 Å². The maximum Gasteiger partial charge on any atom is 0.336 e. The maximum atomic E-state index is 12.7. The van der Waals surface area contributed by atoms with E-state index in [2.05, 4.69) is 10.1 Å². The summed E-state index contributed by atoms with van der Waals surface area (Å²) in [6.45, 7) is 5.43. The number of carbonyl (C=O) groups excluding carboxylic acids is 1. The minimum Gasteiger partial charge on any atom is -0.460 e. The highest BCUT2D eigenvalue weighted by atomic mass is 16.5. The van der Waals surface area contributed by atoms with Crippen molar-refractivity contribution in [2.75, 3.05) is 19.8 Å². The van der Waals surface area contributed by atoms with Crippen molar-refractivity contribution in [3.63, 3.8) is 0 Å². The van der Waals surface area contributed by atoms with Gasteiger partial charge in [-0.05, 0) is 26.7 Å². The molecule has 6 nitrogen and oxygen atoms in total. The molecule has 2 aromatic rings. The van der Waals surface area contributed by atoms with E-state index in [1.165, 1.54) is 4.68 Å². The second-order valence-electron chi connectivity index (χ2n) is 6.01. The van der Waals surface area contributed by atoms with Crippen LogP contribution in [0.5, 0.6) is 6.01 Å². The highest BCUT2D eigenvalue weighted by Gasteiger charge is 2.30. The molecule has 0 N–H and O–H groups in total. The van der Waals surface area contributed by atoms with Crippen LogP contribution in [0.4, 0.5) is 0 Å². The Hall–Kier alpha value is -2.21. The molecule has 24 heavy (non-hydrogen) atoms. The van der Waals surface area contributed by atoms with E-state index in [0.29, 0.717) is 25.6 Å². The van der Waals surface area contributed by atoms with Gasteiger partial charge in [-0.1, -0.05) is 36.2 Å². The normalized spacial score (nSPS) is 14.4. The van der Waals surface area contributed by atoms with Crippen molar-refractivity contribution in [3.8, 4) is 17.4 Å². The average molecular weight is 329 g/mol. The number of aryl methyl sites for hydroxylation is 1. The first-order valence-corrected chi connectivity index (χ1v) is 8.48. The minimum absolute atomic E-state index is 0.00369. The summed E-state index contributed by atoms with van der Waals surface area (Å²) in [6.07, 6.45) is 2.95. The van der Waals surface area contributed by atoms with Crippen LogP contribution in [0.3, 0.4) is 0 Å². The van der Waals surface area contributed by atoms with E-state index in [4.69, 9.17) is 9.47 Å². The van der Waals surface area contributed by atoms with E-state index < -0.39 is 0 Å². The smallest absolute Gasteiger partial charge is 0.336 e. The Morgan fingerprint density at radius 3 is 2.62 bits per heavy atom. The SMILES string of the molecule is CCOCCOc1nc(-c2ccc(C)cc2)n(C(=O)C2CCC2)n1. The van der Waals surface area contributed by atoms with Gasteiger partial charge < -0.3 is 9.47 Å². The lowest BCUT2D eigenvalue weighted by atomic mass is 9.85. The zero-order valence-corrected chi connectivity index (χ0v) is 14.2. The highest BCUT2D eigenvalue weighted by Crippen LogP contribution is 2.30. The predicted molar refractivity (Wildman–Crippen MR) is 90.2 cm³/mol. The van der Waals surface area contributed by atoms with E-state index in [9.17, 15) is 4.79 Å². The van der Waals surface area contributed by atoms with Gasteiger partial charge in [0.15, 0.2) is 5.82 Å². The zero-order valence-electron chi connectivity index (χ0n) is 14.2. The summed E-state index contributed by atoms with van der Waals surface area (Å²) in [4.78, 5) is 17.1. The lowest BCUT2D eigenvalue weighted by Crippen LogP contribution is -2.28. The Morgan fingerprint density at radius 2 is 2.00 bits per heavy atom. The molecular weight excluding hydrogens is 306 g/mol. The molecule has 1 aromatic carbocycles. The van der Waals surface area contributed by atoms with Crippen molar-refractivity contribution < 1.29 is 14.3 Å². The van der Waals surface area contributed by atoms with Gasteiger partial charge in [0.05, 0.1) is 6.61 Å². The number of nitrogens with zero attached hydrogens (tertiary/aromatic N) is 3. The first-order valence-electron chi connectivity index (χ1n) is 8.48. The number of hydrogen-bond acceptors (Lipinski definition) is 5. The van der Waals surface area contributed by atoms with E-state index in [1.807, 2.05) is 38.1 Å². The average Bonchev–Trinajstić information content (AvgIpc) is 2.95. The Morgan fingerprint density at radius 1 is 1.25 bits per heavy atom. The largest absolute Gasteiger partial charge is 0.460 e. The van der Waals surface area contributed by atoms with Gasteiger partial charge in [-0.15, -0.1) is 5.10 Å². The van der Waals surface area contributed by atoms with Crippen molar-refractivity contribution >= 4 is 5.91 Å². The van der Waals surface area contributed by atoms with Crippen molar-refractivity contribution in [2.24, 2.45) is 5.92 Å². The van der Waals surface area contributed by atoms with Crippen LogP contribution in [0.25, 0.3) is 11.4 Å². The molecule has 0 bridgehead atoms. The summed E-state index contributed by atoms with van der Waals surface area (Å²) in [6, 6.07) is 8.12. The molecule has 0 atom stereocenters. The number of aromatic nitrogens is 3. The summed E-state index contributed by atoms with van der Waals surface area (Å²) >= 11 is 0. The highest BCUT2D eigenvalue weighted by molar-refractivity contribution is 5.85. The molecule has 0 unspecified atom stereocenters. The molecule has 0 aliphatic heterocycles. The molecule has 3 rings (SSSR count). The first kappa shape index (κ1) is 16.6. The van der Waals surface area contributed by atoms with E-state index in [0.717, 1.165) is 30.4 Å². The maximum absolute atomic E-state index is 12.7. The van der Waals surface area contributed by atoms with E-state index in [1.54, 1.807) is 0 Å². The van der Waals surface area contributed by atoms with Gasteiger partial charge in [-0.2, -0.15) is 9.67 Å². The van der Waals surface area contributed by atoms with Crippen LogP contribution in [-0.4, -0.2) is 40.5 Å². The summed E-state index contributed by atoms with van der Waals surface area (Å²) in [5.41, 5.74) is 2.02. The van der Waals surface area contributed by atoms with Crippen LogP contribution in [0.15, 0.2) is 24.3 Å². The molecule has 1 aliphatic carbocycles. The molecule has 0 spiro atoms. The number of ether oxygens (including phenoxy) is 2. The number of rotatable bonds is 7. The summed E-state index contributed by atoms with van der Waals surface area (Å²) < 4.78 is 12.2. The molecule has 0 radical (unpaired) electrons. The monoisotopic (exact) mass is 329 g/mol. The minimum atomic E-state index is 0.00369. The molecule has 1 fully saturated rings. The summed E-state index contributed by atoms with van der Waals surface area (Å²) in [5.74, 6) is 0.592. The molecule has 1 heterocycles. The van der Waals surface area contributed by atoms with Gasteiger partial charge >= 0.3 is 6.01 Å². The van der Waals surface area contributed by atoms with Gasteiger partial charge in [0.25, 0.3) is 5.91 Å². The third-order valence-electron chi connectivity index (χ3n) is 4.22. The third-order valence-corrected chi connectivity index (χ3v) is 4.22. The van der Waals surface area contributed by atoms with Gasteiger partial charge in [-0.3, -0.25) is 4.79 Å². The molecule has 128 valence electrons. The van der Waals surface area contributed by atoms with Crippen LogP contribution in [-0.2, 0) is 4.74 Å². The summed E-state index contributed by atoms with van der Waals surface area (Å²) in [5, 5.41) is 4.29. The predicted octanol–water partition coefficient (Wildman–Crippen LogP) is 3.11. The molecule has 1 aromatic heterocycles. The van der Waals surface area contributed by atoms with Crippen molar-refractivity contribution in [1.82, 2.24) is 14.8 Å². The third kappa shape index (κ3) is 3.64. The quantitative estimate of drug-likeness (QED) is 0.730. The van der Waals surface area contributed by atoms with Gasteiger partial charge in [0.2, 0.25) is 0 Å². The fourth-order valence-electron chi connectivity index (χ4n) is 2.56. The number of benzene rings is 1.